The standard InChI is InChI=1S/C23H18FN5O3/c1-13-21-16(11-18(20-4-3-9-31-20)27-23(21)32-28-13)22(30)26-12-15-5-6-19(17(24)10-15)29-8-7-25-14(29)2/h3-11H,12H2,1-2H3,(H,26,30). The Morgan fingerprint density at radius 1 is 1.22 bits per heavy atom. The average molecular weight is 431 g/mol. The smallest absolute Gasteiger partial charge is 0.259 e. The zero-order chi connectivity index (χ0) is 22.2. The van der Waals surface area contributed by atoms with E-state index in [9.17, 15) is 9.18 Å². The number of hydrogen-bond acceptors (Lipinski definition) is 6. The molecule has 5 aromatic rings. The number of aromatic nitrogens is 4. The Morgan fingerprint density at radius 3 is 2.81 bits per heavy atom. The average Bonchev–Trinajstić information content (AvgIpc) is 3.54. The molecule has 0 bridgehead atoms. The fourth-order valence-corrected chi connectivity index (χ4v) is 3.59. The van der Waals surface area contributed by atoms with E-state index in [0.717, 1.165) is 0 Å². The first-order chi connectivity index (χ1) is 15.5. The van der Waals surface area contributed by atoms with Gasteiger partial charge in [-0.25, -0.2) is 14.4 Å². The van der Waals surface area contributed by atoms with Crippen LogP contribution >= 0.6 is 0 Å². The number of carbonyl (C=O) groups excluding carboxylic acids is 1. The molecule has 0 aliphatic carbocycles. The van der Waals surface area contributed by atoms with Crippen molar-refractivity contribution in [3.05, 3.63) is 83.5 Å². The third-order valence-corrected chi connectivity index (χ3v) is 5.19. The van der Waals surface area contributed by atoms with E-state index in [1.807, 2.05) is 0 Å². The van der Waals surface area contributed by atoms with Crippen LogP contribution in [0.2, 0.25) is 0 Å². The number of nitrogens with zero attached hydrogens (tertiary/aromatic N) is 4. The Balaban J connectivity index is 1.41. The maximum Gasteiger partial charge on any atom is 0.259 e. The van der Waals surface area contributed by atoms with Crippen LogP contribution in [0.25, 0.3) is 28.2 Å². The van der Waals surface area contributed by atoms with Crippen LogP contribution in [-0.4, -0.2) is 25.6 Å². The molecule has 0 aliphatic heterocycles. The van der Waals surface area contributed by atoms with Crippen LogP contribution in [0, 0.1) is 19.7 Å². The van der Waals surface area contributed by atoms with Gasteiger partial charge in [-0.05, 0) is 49.7 Å². The number of amides is 1. The maximum atomic E-state index is 14.7. The van der Waals surface area contributed by atoms with Gasteiger partial charge in [-0.3, -0.25) is 4.79 Å². The van der Waals surface area contributed by atoms with E-state index in [4.69, 9.17) is 8.94 Å². The summed E-state index contributed by atoms with van der Waals surface area (Å²) in [5.74, 6) is 0.427. The minimum Gasteiger partial charge on any atom is -0.463 e. The van der Waals surface area contributed by atoms with Crippen LogP contribution in [0.1, 0.15) is 27.4 Å². The predicted molar refractivity (Wildman–Crippen MR) is 114 cm³/mol. The molecule has 0 spiro atoms. The summed E-state index contributed by atoms with van der Waals surface area (Å²) in [4.78, 5) is 21.6. The third kappa shape index (κ3) is 3.43. The largest absolute Gasteiger partial charge is 0.463 e. The Hall–Kier alpha value is -4.27. The van der Waals surface area contributed by atoms with Crippen molar-refractivity contribution < 1.29 is 18.1 Å². The lowest BCUT2D eigenvalue weighted by molar-refractivity contribution is 0.0952. The number of aryl methyl sites for hydroxylation is 2. The molecule has 0 aliphatic rings. The molecule has 0 atom stereocenters. The Morgan fingerprint density at radius 2 is 2.09 bits per heavy atom. The number of benzene rings is 1. The van der Waals surface area contributed by atoms with Crippen molar-refractivity contribution >= 4 is 17.0 Å². The first kappa shape index (κ1) is 19.7. The molecule has 0 saturated carbocycles. The normalized spacial score (nSPS) is 11.2. The molecule has 4 heterocycles. The lowest BCUT2D eigenvalue weighted by Gasteiger charge is -2.10. The molecule has 4 aromatic heterocycles. The molecular weight excluding hydrogens is 413 g/mol. The lowest BCUT2D eigenvalue weighted by Crippen LogP contribution is -2.23. The van der Waals surface area contributed by atoms with Crippen molar-refractivity contribution in [3.63, 3.8) is 0 Å². The van der Waals surface area contributed by atoms with Crippen LogP contribution in [0.5, 0.6) is 0 Å². The number of nitrogens with one attached hydrogen (secondary N) is 1. The monoisotopic (exact) mass is 431 g/mol. The zero-order valence-corrected chi connectivity index (χ0v) is 17.3. The number of pyridine rings is 1. The van der Waals surface area contributed by atoms with E-state index in [2.05, 4.69) is 20.4 Å². The number of imidazole rings is 1. The van der Waals surface area contributed by atoms with Gasteiger partial charge >= 0.3 is 0 Å². The molecule has 1 amide bonds. The molecule has 1 N–H and O–H groups in total. The number of halogens is 1. The van der Waals surface area contributed by atoms with E-state index in [1.165, 1.54) is 12.3 Å². The summed E-state index contributed by atoms with van der Waals surface area (Å²) in [6.07, 6.45) is 4.83. The molecule has 0 fully saturated rings. The molecule has 160 valence electrons. The van der Waals surface area contributed by atoms with Crippen molar-refractivity contribution in [2.75, 3.05) is 0 Å². The van der Waals surface area contributed by atoms with Crippen LogP contribution in [-0.2, 0) is 6.54 Å². The van der Waals surface area contributed by atoms with Gasteiger partial charge in [-0.15, -0.1) is 0 Å². The van der Waals surface area contributed by atoms with Crippen molar-refractivity contribution in [2.45, 2.75) is 20.4 Å². The van der Waals surface area contributed by atoms with Gasteiger partial charge < -0.3 is 18.8 Å². The van der Waals surface area contributed by atoms with Crippen molar-refractivity contribution in [3.8, 4) is 17.1 Å². The van der Waals surface area contributed by atoms with E-state index < -0.39 is 5.82 Å². The van der Waals surface area contributed by atoms with Gasteiger partial charge in [0.1, 0.15) is 17.3 Å². The first-order valence-corrected chi connectivity index (χ1v) is 9.89. The SMILES string of the molecule is Cc1noc2nc(-c3ccco3)cc(C(=O)NCc3ccc(-n4ccnc4C)c(F)c3)c12. The molecule has 5 rings (SSSR count). The van der Waals surface area contributed by atoms with E-state index >= 15 is 0 Å². The highest BCUT2D eigenvalue weighted by molar-refractivity contribution is 6.06. The molecule has 9 heteroatoms. The van der Waals surface area contributed by atoms with Crippen molar-refractivity contribution in [2.24, 2.45) is 0 Å². The molecule has 32 heavy (non-hydrogen) atoms. The summed E-state index contributed by atoms with van der Waals surface area (Å²) in [6.45, 7) is 3.68. The number of rotatable bonds is 5. The molecule has 0 saturated heterocycles. The summed E-state index contributed by atoms with van der Waals surface area (Å²) >= 11 is 0. The number of carbonyl (C=O) groups is 1. The maximum absolute atomic E-state index is 14.7. The second kappa shape index (κ2) is 7.77. The van der Waals surface area contributed by atoms with Crippen LogP contribution < -0.4 is 5.32 Å². The van der Waals surface area contributed by atoms with Crippen molar-refractivity contribution in [1.82, 2.24) is 25.0 Å². The van der Waals surface area contributed by atoms with E-state index in [1.54, 1.807) is 61.1 Å². The zero-order valence-electron chi connectivity index (χ0n) is 17.3. The van der Waals surface area contributed by atoms with Gasteiger partial charge in [0.15, 0.2) is 5.76 Å². The second-order valence-corrected chi connectivity index (χ2v) is 7.29. The minimum atomic E-state index is -0.404. The quantitative estimate of drug-likeness (QED) is 0.444. The van der Waals surface area contributed by atoms with Gasteiger partial charge in [0, 0.05) is 18.9 Å². The summed E-state index contributed by atoms with van der Waals surface area (Å²) in [6, 6.07) is 9.93. The highest BCUT2D eigenvalue weighted by Gasteiger charge is 2.20. The lowest BCUT2D eigenvalue weighted by atomic mass is 10.1. The Kier molecular flexibility index (Phi) is 4.78. The number of fused-ring (bicyclic) bond motifs is 1. The number of hydrogen-bond donors (Lipinski definition) is 1. The highest BCUT2D eigenvalue weighted by atomic mass is 19.1. The van der Waals surface area contributed by atoms with Crippen molar-refractivity contribution in [1.29, 1.82) is 0 Å². The fourth-order valence-electron chi connectivity index (χ4n) is 3.59. The van der Waals surface area contributed by atoms with Gasteiger partial charge in [-0.1, -0.05) is 11.2 Å². The fraction of sp³-hybridized carbons (Fsp3) is 0.130. The predicted octanol–water partition coefficient (Wildman–Crippen LogP) is 4.35. The minimum absolute atomic E-state index is 0.142. The Bertz CT molecular complexity index is 1440. The second-order valence-electron chi connectivity index (χ2n) is 7.29. The summed E-state index contributed by atoms with van der Waals surface area (Å²) in [7, 11) is 0. The molecule has 0 unspecified atom stereocenters. The molecule has 1 aromatic carbocycles. The summed E-state index contributed by atoms with van der Waals surface area (Å²) in [5, 5.41) is 7.29. The summed E-state index contributed by atoms with van der Waals surface area (Å²) in [5.41, 5.74) is 2.62. The third-order valence-electron chi connectivity index (χ3n) is 5.19. The van der Waals surface area contributed by atoms with Gasteiger partial charge in [0.2, 0.25) is 0 Å². The topological polar surface area (TPSA) is 99.0 Å². The summed E-state index contributed by atoms with van der Waals surface area (Å²) < 4.78 is 27.0. The highest BCUT2D eigenvalue weighted by Crippen LogP contribution is 2.27. The molecular formula is C23H18FN5O3. The first-order valence-electron chi connectivity index (χ1n) is 9.89. The van der Waals surface area contributed by atoms with E-state index in [0.29, 0.717) is 45.2 Å². The molecule has 8 nitrogen and oxygen atoms in total. The van der Waals surface area contributed by atoms with Gasteiger partial charge in [-0.2, -0.15) is 0 Å². The van der Waals surface area contributed by atoms with Crippen LogP contribution in [0.3, 0.4) is 0 Å². The Labute approximate surface area is 181 Å². The van der Waals surface area contributed by atoms with Gasteiger partial charge in [0.25, 0.3) is 11.6 Å². The van der Waals surface area contributed by atoms with Crippen LogP contribution in [0.15, 0.2) is 64.0 Å². The van der Waals surface area contributed by atoms with E-state index in [-0.39, 0.29) is 18.2 Å². The van der Waals surface area contributed by atoms with Gasteiger partial charge in [0.05, 0.1) is 28.6 Å². The van der Waals surface area contributed by atoms with Crippen LogP contribution in [0.4, 0.5) is 4.39 Å². The number of furan rings is 1. The molecule has 0 radical (unpaired) electrons.